The summed E-state index contributed by atoms with van der Waals surface area (Å²) in [5.41, 5.74) is 0.436. The van der Waals surface area contributed by atoms with E-state index in [1.165, 1.54) is 0 Å². The molecule has 0 bridgehead atoms. The van der Waals surface area contributed by atoms with Gasteiger partial charge in [-0.05, 0) is 43.4 Å². The van der Waals surface area contributed by atoms with E-state index in [1.807, 2.05) is 13.8 Å². The van der Waals surface area contributed by atoms with E-state index in [0.717, 1.165) is 34.3 Å². The zero-order valence-corrected chi connectivity index (χ0v) is 24.3. The molecule has 6 atom stereocenters. The van der Waals surface area contributed by atoms with Crippen LogP contribution in [0.4, 0.5) is 10.5 Å². The van der Waals surface area contributed by atoms with E-state index in [9.17, 15) is 33.5 Å². The molecule has 2 aromatic carbocycles. The number of hydrogen-bond acceptors (Lipinski definition) is 9. The minimum Gasteiger partial charge on any atom is -0.465 e. The Hall–Kier alpha value is -3.14. The van der Waals surface area contributed by atoms with Crippen molar-refractivity contribution >= 4 is 21.8 Å². The Morgan fingerprint density at radius 1 is 1.14 bits per heavy atom. The largest absolute Gasteiger partial charge is 0.465 e. The fourth-order valence-electron chi connectivity index (χ4n) is 5.62. The molecule has 0 radical (unpaired) electrons. The Morgan fingerprint density at radius 3 is 2.40 bits per heavy atom. The molecule has 2 aliphatic rings. The van der Waals surface area contributed by atoms with E-state index in [-0.39, 0.29) is 29.5 Å². The highest BCUT2D eigenvalue weighted by Crippen LogP contribution is 2.42. The average molecular weight is 608 g/mol. The van der Waals surface area contributed by atoms with Crippen molar-refractivity contribution in [3.63, 3.8) is 0 Å². The maximum absolute atomic E-state index is 14.3. The number of benzene rings is 2. The fourth-order valence-corrected chi connectivity index (χ4v) is 7.14. The van der Waals surface area contributed by atoms with Gasteiger partial charge in [-0.25, -0.2) is 13.2 Å². The van der Waals surface area contributed by atoms with E-state index < -0.39 is 57.5 Å². The fraction of sp³-hybridized carbons (Fsp3) is 0.536. The van der Waals surface area contributed by atoms with Gasteiger partial charge in [0, 0.05) is 24.0 Å². The topological polar surface area (TPSA) is 178 Å². The van der Waals surface area contributed by atoms with E-state index in [1.54, 1.807) is 30.3 Å². The second-order valence-electron chi connectivity index (χ2n) is 10.5. The van der Waals surface area contributed by atoms with Gasteiger partial charge in [-0.15, -0.1) is 0 Å². The third-order valence-corrected chi connectivity index (χ3v) is 9.55. The monoisotopic (exact) mass is 607 g/mol. The standard InChI is InChI=1S/C28H37N3O10S/c1-3-20(4-2)41-31(42(37,38)21-12-10-19(11-13-21)30(35)36)25(23-17-40-27-22(23)14-15-39-27)26(32)24(29-28(33)34)16-18-8-6-5-7-9-18/h5-13,20,22-27,29,32H,3-4,14-17H2,1-2H3,(H,33,34)/t22-,23+,24-,25?,26+,27+/m0/s1. The van der Waals surface area contributed by atoms with Gasteiger partial charge in [-0.2, -0.15) is 0 Å². The van der Waals surface area contributed by atoms with Gasteiger partial charge in [0.25, 0.3) is 15.7 Å². The number of non-ortho nitro benzene ring substituents is 1. The van der Waals surface area contributed by atoms with Crippen LogP contribution in [0.15, 0.2) is 59.5 Å². The van der Waals surface area contributed by atoms with Gasteiger partial charge in [0.15, 0.2) is 6.29 Å². The molecule has 2 saturated heterocycles. The molecule has 0 aromatic heterocycles. The molecule has 0 saturated carbocycles. The summed E-state index contributed by atoms with van der Waals surface area (Å²) in [6.45, 7) is 4.10. The van der Waals surface area contributed by atoms with Crippen LogP contribution in [0.25, 0.3) is 0 Å². The second kappa shape index (κ2) is 13.9. The second-order valence-corrected chi connectivity index (χ2v) is 12.3. The van der Waals surface area contributed by atoms with Crippen molar-refractivity contribution in [3.8, 4) is 0 Å². The molecule has 230 valence electrons. The first-order chi connectivity index (χ1) is 20.1. The molecule has 4 rings (SSSR count). The lowest BCUT2D eigenvalue weighted by Crippen LogP contribution is -2.60. The summed E-state index contributed by atoms with van der Waals surface area (Å²) in [6.07, 6.45) is -2.62. The Labute approximate surface area is 244 Å². The van der Waals surface area contributed by atoms with Gasteiger partial charge >= 0.3 is 6.09 Å². The van der Waals surface area contributed by atoms with Crippen molar-refractivity contribution < 1.29 is 42.7 Å². The molecule has 42 heavy (non-hydrogen) atoms. The Kier molecular flexibility index (Phi) is 10.5. The Balaban J connectivity index is 1.83. The first-order valence-electron chi connectivity index (χ1n) is 14.0. The molecular formula is C28H37N3O10S. The van der Waals surface area contributed by atoms with Crippen LogP contribution < -0.4 is 5.32 Å². The lowest BCUT2D eigenvalue weighted by atomic mass is 9.82. The van der Waals surface area contributed by atoms with Gasteiger partial charge in [-0.3, -0.25) is 15.0 Å². The number of nitrogens with one attached hydrogen (secondary N) is 1. The van der Waals surface area contributed by atoms with Crippen LogP contribution in [0.1, 0.15) is 38.7 Å². The summed E-state index contributed by atoms with van der Waals surface area (Å²) in [5.74, 6) is -0.907. The molecule has 0 aliphatic carbocycles. The van der Waals surface area contributed by atoms with Crippen molar-refractivity contribution in [1.82, 2.24) is 9.79 Å². The number of hydrogen-bond donors (Lipinski definition) is 3. The van der Waals surface area contributed by atoms with Gasteiger partial charge in [0.2, 0.25) is 0 Å². The number of nitro benzene ring substituents is 1. The van der Waals surface area contributed by atoms with Gasteiger partial charge in [0.05, 0.1) is 47.3 Å². The lowest BCUT2D eigenvalue weighted by Gasteiger charge is -2.41. The summed E-state index contributed by atoms with van der Waals surface area (Å²) in [7, 11) is -4.55. The highest BCUT2D eigenvalue weighted by molar-refractivity contribution is 7.89. The van der Waals surface area contributed by atoms with Crippen LogP contribution in [0.2, 0.25) is 0 Å². The third kappa shape index (κ3) is 7.07. The van der Waals surface area contributed by atoms with Crippen molar-refractivity contribution in [2.24, 2.45) is 11.8 Å². The van der Waals surface area contributed by atoms with Crippen molar-refractivity contribution in [2.75, 3.05) is 13.2 Å². The summed E-state index contributed by atoms with van der Waals surface area (Å²) < 4.78 is 40.9. The van der Waals surface area contributed by atoms with E-state index in [4.69, 9.17) is 14.3 Å². The minimum atomic E-state index is -4.55. The molecule has 2 fully saturated rings. The zero-order chi connectivity index (χ0) is 30.4. The van der Waals surface area contributed by atoms with E-state index in [2.05, 4.69) is 5.32 Å². The SMILES string of the molecule is CCC(CC)ON(C([C@H](O)[C@H](Cc1ccccc1)NC(=O)O)[C@@H]1CO[C@H]2OCC[C@H]21)S(=O)(=O)c1ccc([N+](=O)[O-])cc1. The molecule has 3 N–H and O–H groups in total. The molecule has 13 nitrogen and oxygen atoms in total. The molecule has 1 unspecified atom stereocenters. The molecule has 2 aromatic rings. The number of carboxylic acid groups (broad SMARTS) is 1. The average Bonchev–Trinajstić information content (AvgIpc) is 3.60. The van der Waals surface area contributed by atoms with Crippen molar-refractivity contribution in [1.29, 1.82) is 0 Å². The van der Waals surface area contributed by atoms with E-state index >= 15 is 0 Å². The summed E-state index contributed by atoms with van der Waals surface area (Å²) in [4.78, 5) is 28.4. The number of fused-ring (bicyclic) bond motifs is 1. The predicted molar refractivity (Wildman–Crippen MR) is 150 cm³/mol. The Morgan fingerprint density at radius 2 is 1.81 bits per heavy atom. The highest BCUT2D eigenvalue weighted by Gasteiger charge is 2.53. The van der Waals surface area contributed by atoms with Crippen LogP contribution in [-0.2, 0) is 30.8 Å². The van der Waals surface area contributed by atoms with Gasteiger partial charge < -0.3 is 25.0 Å². The lowest BCUT2D eigenvalue weighted by molar-refractivity contribution is -0.384. The van der Waals surface area contributed by atoms with Crippen LogP contribution in [-0.4, -0.2) is 77.9 Å². The number of nitrogens with zero attached hydrogens (tertiary/aromatic N) is 2. The number of aliphatic hydroxyl groups excluding tert-OH is 1. The summed E-state index contributed by atoms with van der Waals surface area (Å²) in [5, 5.41) is 35.3. The van der Waals surface area contributed by atoms with Gasteiger partial charge in [-0.1, -0.05) is 48.6 Å². The molecule has 2 heterocycles. The molecule has 14 heteroatoms. The number of rotatable bonds is 14. The maximum Gasteiger partial charge on any atom is 0.404 e. The normalized spacial score (nSPS) is 22.5. The van der Waals surface area contributed by atoms with Crippen molar-refractivity contribution in [3.05, 3.63) is 70.3 Å². The number of amides is 1. The first kappa shape index (κ1) is 31.8. The van der Waals surface area contributed by atoms with Crippen LogP contribution in [0, 0.1) is 22.0 Å². The quantitative estimate of drug-likeness (QED) is 0.213. The maximum atomic E-state index is 14.3. The minimum absolute atomic E-state index is 0.0424. The molecule has 2 aliphatic heterocycles. The number of carbonyl (C=O) groups is 1. The number of hydroxylamine groups is 1. The first-order valence-corrected chi connectivity index (χ1v) is 15.4. The zero-order valence-electron chi connectivity index (χ0n) is 23.4. The van der Waals surface area contributed by atoms with Gasteiger partial charge in [0.1, 0.15) is 0 Å². The number of ether oxygens (including phenoxy) is 2. The predicted octanol–water partition coefficient (Wildman–Crippen LogP) is 3.32. The molecule has 0 spiro atoms. The third-order valence-electron chi connectivity index (χ3n) is 7.88. The molecular weight excluding hydrogens is 570 g/mol. The van der Waals surface area contributed by atoms with Crippen LogP contribution in [0.3, 0.4) is 0 Å². The van der Waals surface area contributed by atoms with Crippen LogP contribution in [0.5, 0.6) is 0 Å². The van der Waals surface area contributed by atoms with E-state index in [0.29, 0.717) is 25.9 Å². The number of aliphatic hydroxyl groups is 1. The summed E-state index contributed by atoms with van der Waals surface area (Å²) >= 11 is 0. The number of sulfonamides is 1. The van der Waals surface area contributed by atoms with Crippen LogP contribution >= 0.6 is 0 Å². The number of nitro groups is 1. The highest BCUT2D eigenvalue weighted by atomic mass is 32.2. The smallest absolute Gasteiger partial charge is 0.404 e. The Bertz CT molecular complexity index is 1310. The summed E-state index contributed by atoms with van der Waals surface area (Å²) in [6, 6.07) is 10.9. The van der Waals surface area contributed by atoms with Crippen molar-refractivity contribution in [2.45, 2.75) is 75.0 Å². The molecule has 1 amide bonds.